The van der Waals surface area contributed by atoms with Gasteiger partial charge in [0.05, 0.1) is 16.7 Å². The van der Waals surface area contributed by atoms with Crippen molar-refractivity contribution >= 4 is 17.7 Å². The van der Waals surface area contributed by atoms with Crippen molar-refractivity contribution in [2.75, 3.05) is 19.4 Å². The minimum absolute atomic E-state index is 0.0248. The molecule has 4 nitrogen and oxygen atoms in total. The molecule has 2 aliphatic rings. The number of nitrogens with zero attached hydrogens (tertiary/aromatic N) is 2. The summed E-state index contributed by atoms with van der Waals surface area (Å²) in [5.74, 6) is 1.52. The number of hydrogen-bond donors (Lipinski definition) is 0. The fourth-order valence-electron chi connectivity index (χ4n) is 4.15. The maximum Gasteiger partial charge on any atom is 0.255 e. The Balaban J connectivity index is 1.74. The van der Waals surface area contributed by atoms with Gasteiger partial charge in [0.2, 0.25) is 0 Å². The van der Waals surface area contributed by atoms with Crippen LogP contribution in [-0.4, -0.2) is 47.3 Å². The molecular weight excluding hydrogens is 296 g/mol. The van der Waals surface area contributed by atoms with Gasteiger partial charge < -0.3 is 9.64 Å². The Morgan fingerprint density at radius 1 is 1.50 bits per heavy atom. The predicted octanol–water partition coefficient (Wildman–Crippen LogP) is 3.08. The third-order valence-electron chi connectivity index (χ3n) is 5.05. The van der Waals surface area contributed by atoms with E-state index in [0.29, 0.717) is 17.6 Å². The van der Waals surface area contributed by atoms with Crippen molar-refractivity contribution in [3.05, 3.63) is 23.9 Å². The van der Waals surface area contributed by atoms with Gasteiger partial charge in [0, 0.05) is 37.2 Å². The molecule has 0 radical (unpaired) electrons. The second-order valence-corrected chi connectivity index (χ2v) is 8.03. The van der Waals surface area contributed by atoms with Gasteiger partial charge in [-0.2, -0.15) is 0 Å². The number of thioether (sulfide) groups is 1. The number of rotatable bonds is 4. The first kappa shape index (κ1) is 15.8. The van der Waals surface area contributed by atoms with E-state index in [4.69, 9.17) is 4.74 Å². The van der Waals surface area contributed by atoms with Crippen LogP contribution in [0.5, 0.6) is 0 Å². The summed E-state index contributed by atoms with van der Waals surface area (Å²) in [6, 6.07) is 4.07. The topological polar surface area (TPSA) is 42.4 Å². The minimum Gasteiger partial charge on any atom is -0.377 e. The quantitative estimate of drug-likeness (QED) is 0.800. The summed E-state index contributed by atoms with van der Waals surface area (Å²) in [7, 11) is 1.91. The van der Waals surface area contributed by atoms with Crippen molar-refractivity contribution in [3.63, 3.8) is 0 Å². The van der Waals surface area contributed by atoms with Gasteiger partial charge in [0.1, 0.15) is 0 Å². The first-order valence-corrected chi connectivity index (χ1v) is 8.93. The highest BCUT2D eigenvalue weighted by Crippen LogP contribution is 2.54. The molecule has 3 rings (SSSR count). The van der Waals surface area contributed by atoms with Gasteiger partial charge in [-0.15, -0.1) is 11.8 Å². The number of aromatic nitrogens is 1. The first-order valence-electron chi connectivity index (χ1n) is 7.94. The Morgan fingerprint density at radius 2 is 2.27 bits per heavy atom. The molecule has 0 unspecified atom stereocenters. The molecule has 2 heterocycles. The van der Waals surface area contributed by atoms with E-state index < -0.39 is 0 Å². The van der Waals surface area contributed by atoms with Gasteiger partial charge in [-0.1, -0.05) is 20.8 Å². The number of carbonyl (C=O) groups excluding carboxylic acids is 1. The van der Waals surface area contributed by atoms with Gasteiger partial charge in [-0.05, 0) is 24.3 Å². The van der Waals surface area contributed by atoms with Crippen LogP contribution >= 0.6 is 11.8 Å². The van der Waals surface area contributed by atoms with E-state index in [1.165, 1.54) is 0 Å². The number of carbonyl (C=O) groups is 1. The molecule has 0 N–H and O–H groups in total. The molecule has 1 aromatic heterocycles. The van der Waals surface area contributed by atoms with Crippen LogP contribution in [0.15, 0.2) is 23.4 Å². The van der Waals surface area contributed by atoms with Crippen LogP contribution in [0.2, 0.25) is 0 Å². The van der Waals surface area contributed by atoms with Crippen molar-refractivity contribution < 1.29 is 9.53 Å². The zero-order valence-electron chi connectivity index (χ0n) is 13.7. The molecule has 1 saturated heterocycles. The van der Waals surface area contributed by atoms with E-state index in [1.54, 1.807) is 18.0 Å². The summed E-state index contributed by atoms with van der Waals surface area (Å²) in [5, 5.41) is 0.968. The lowest BCUT2D eigenvalue weighted by Crippen LogP contribution is -2.66. The molecule has 0 bridgehead atoms. The van der Waals surface area contributed by atoms with Crippen LogP contribution in [0.3, 0.4) is 0 Å². The lowest BCUT2D eigenvalue weighted by atomic mass is 9.56. The molecule has 0 spiro atoms. The van der Waals surface area contributed by atoms with Crippen molar-refractivity contribution in [2.24, 2.45) is 11.3 Å². The van der Waals surface area contributed by atoms with E-state index in [0.717, 1.165) is 23.8 Å². The second kappa shape index (κ2) is 5.85. The molecule has 1 aliphatic heterocycles. The Morgan fingerprint density at radius 3 is 2.91 bits per heavy atom. The van der Waals surface area contributed by atoms with Gasteiger partial charge >= 0.3 is 0 Å². The number of pyridine rings is 1. The van der Waals surface area contributed by atoms with Crippen molar-refractivity contribution in [3.8, 4) is 0 Å². The SMILES string of the molecule is CCSc1ccc(C(=O)N(C)[C@@H]2[C@H]3CCO[C@@H]3C2(C)C)cn1. The predicted molar refractivity (Wildman–Crippen MR) is 88.1 cm³/mol. The lowest BCUT2D eigenvalue weighted by molar-refractivity contribution is -0.139. The summed E-state index contributed by atoms with van der Waals surface area (Å²) >= 11 is 1.69. The minimum atomic E-state index is 0.0248. The lowest BCUT2D eigenvalue weighted by Gasteiger charge is -2.57. The Hall–Kier alpha value is -1.07. The summed E-state index contributed by atoms with van der Waals surface area (Å²) in [6.07, 6.45) is 3.06. The van der Waals surface area contributed by atoms with Crippen LogP contribution in [0.25, 0.3) is 0 Å². The number of fused-ring (bicyclic) bond motifs is 1. The summed E-state index contributed by atoms with van der Waals surface area (Å²) in [6.45, 7) is 7.32. The number of hydrogen-bond acceptors (Lipinski definition) is 4. The maximum absolute atomic E-state index is 12.8. The largest absolute Gasteiger partial charge is 0.377 e. The smallest absolute Gasteiger partial charge is 0.255 e. The van der Waals surface area contributed by atoms with Crippen molar-refractivity contribution in [2.45, 2.75) is 44.4 Å². The zero-order chi connectivity index (χ0) is 15.9. The molecule has 2 fully saturated rings. The number of ether oxygens (including phenoxy) is 1. The highest BCUT2D eigenvalue weighted by molar-refractivity contribution is 7.99. The molecular formula is C17H24N2O2S. The summed E-state index contributed by atoms with van der Waals surface area (Å²) < 4.78 is 5.82. The average Bonchev–Trinajstić information content (AvgIpc) is 2.94. The van der Waals surface area contributed by atoms with Gasteiger partial charge in [-0.25, -0.2) is 4.98 Å². The van der Waals surface area contributed by atoms with E-state index in [9.17, 15) is 4.79 Å². The highest BCUT2D eigenvalue weighted by Gasteiger charge is 2.61. The van der Waals surface area contributed by atoms with E-state index in [2.05, 4.69) is 25.8 Å². The maximum atomic E-state index is 12.8. The molecule has 120 valence electrons. The molecule has 5 heteroatoms. The summed E-state index contributed by atoms with van der Waals surface area (Å²) in [4.78, 5) is 19.0. The van der Waals surface area contributed by atoms with Crippen LogP contribution in [0.1, 0.15) is 37.6 Å². The molecule has 0 aromatic carbocycles. The van der Waals surface area contributed by atoms with Crippen LogP contribution in [0.4, 0.5) is 0 Å². The van der Waals surface area contributed by atoms with E-state index in [-0.39, 0.29) is 17.4 Å². The van der Waals surface area contributed by atoms with Crippen LogP contribution < -0.4 is 0 Å². The normalized spacial score (nSPS) is 28.8. The molecule has 1 amide bonds. The Labute approximate surface area is 136 Å². The second-order valence-electron chi connectivity index (χ2n) is 6.74. The Kier molecular flexibility index (Phi) is 4.21. The summed E-state index contributed by atoms with van der Waals surface area (Å²) in [5.41, 5.74) is 0.693. The molecule has 3 atom stereocenters. The fourth-order valence-corrected chi connectivity index (χ4v) is 4.74. The highest BCUT2D eigenvalue weighted by atomic mass is 32.2. The first-order chi connectivity index (χ1) is 10.5. The Bertz CT molecular complexity index is 558. The molecule has 1 saturated carbocycles. The monoisotopic (exact) mass is 320 g/mol. The van der Waals surface area contributed by atoms with E-state index in [1.807, 2.05) is 24.1 Å². The molecule has 1 aliphatic carbocycles. The van der Waals surface area contributed by atoms with Crippen LogP contribution in [-0.2, 0) is 4.74 Å². The fraction of sp³-hybridized carbons (Fsp3) is 0.647. The van der Waals surface area contributed by atoms with Crippen molar-refractivity contribution in [1.29, 1.82) is 0 Å². The third kappa shape index (κ3) is 2.44. The van der Waals surface area contributed by atoms with E-state index >= 15 is 0 Å². The third-order valence-corrected chi connectivity index (χ3v) is 5.88. The van der Waals surface area contributed by atoms with Crippen LogP contribution in [0, 0.1) is 11.3 Å². The molecule has 1 aromatic rings. The van der Waals surface area contributed by atoms with Gasteiger partial charge in [0.15, 0.2) is 0 Å². The van der Waals surface area contributed by atoms with Crippen molar-refractivity contribution in [1.82, 2.24) is 9.88 Å². The zero-order valence-corrected chi connectivity index (χ0v) is 14.5. The number of amides is 1. The average molecular weight is 320 g/mol. The van der Waals surface area contributed by atoms with Gasteiger partial charge in [0.25, 0.3) is 5.91 Å². The van der Waals surface area contributed by atoms with Gasteiger partial charge in [-0.3, -0.25) is 4.79 Å². The molecule has 22 heavy (non-hydrogen) atoms. The standard InChI is InChI=1S/C17H24N2O2S/c1-5-22-13-7-6-11(10-18-13)16(20)19(4)14-12-8-9-21-15(12)17(14,2)3/h6-7,10,12,14-15H,5,8-9H2,1-4H3/t12-,14-,15+/m1/s1.